The summed E-state index contributed by atoms with van der Waals surface area (Å²) in [5.74, 6) is -0.608. The molecule has 2 heterocycles. The number of terminal acetylenes is 1. The van der Waals surface area contributed by atoms with Crippen molar-refractivity contribution < 1.29 is 29.4 Å². The second-order valence-corrected chi connectivity index (χ2v) is 10.3. The number of aromatic amines is 2. The lowest BCUT2D eigenvalue weighted by Gasteiger charge is -2.23. The number of hydrogen-bond donors (Lipinski definition) is 6. The molecule has 0 unspecified atom stereocenters. The fraction of sp³-hybridized carbons (Fsp3) is 0.300. The monoisotopic (exact) mass is 629 g/mol. The van der Waals surface area contributed by atoms with Gasteiger partial charge in [-0.3, -0.25) is 14.4 Å². The van der Waals surface area contributed by atoms with E-state index in [9.17, 15) is 34.2 Å². The van der Waals surface area contributed by atoms with Crippen LogP contribution in [-0.2, 0) is 27.3 Å². The number of H-pyrrole nitrogens is 2. The summed E-state index contributed by atoms with van der Waals surface area (Å²) in [6.07, 6.45) is 5.11. The van der Waals surface area contributed by atoms with Gasteiger partial charge < -0.3 is 30.7 Å². The fourth-order valence-electron chi connectivity index (χ4n) is 4.65. The van der Waals surface area contributed by atoms with E-state index in [4.69, 9.17) is 6.42 Å². The molecule has 2 amide bonds. The number of aryl methyl sites for hydroxylation is 2. The average Bonchev–Trinajstić information content (AvgIpc) is 3.55. The lowest BCUT2D eigenvalue weighted by Crippen LogP contribution is -2.44. The molecule has 238 valence electrons. The number of benzene rings is 2. The SMILES string of the molecule is C#CCN(Cc1ccc2nc(C)[nH]c(=O)c2c1)c1ccc(C(=O)N[C@@H](CCC(=O)N[C@H](CCc2nn[nH]n2)C(=O)O)C(=O)O)cc1. The van der Waals surface area contributed by atoms with E-state index in [1.807, 2.05) is 11.0 Å². The molecule has 16 nitrogen and oxygen atoms in total. The number of nitrogens with zero attached hydrogens (tertiary/aromatic N) is 5. The van der Waals surface area contributed by atoms with Gasteiger partial charge in [-0.2, -0.15) is 5.21 Å². The minimum absolute atomic E-state index is 0.00621. The first-order valence-corrected chi connectivity index (χ1v) is 14.1. The molecule has 46 heavy (non-hydrogen) atoms. The van der Waals surface area contributed by atoms with Gasteiger partial charge in [0.25, 0.3) is 11.5 Å². The Labute approximate surface area is 261 Å². The third-order valence-corrected chi connectivity index (χ3v) is 6.98. The first-order chi connectivity index (χ1) is 22.0. The number of anilines is 1. The Morgan fingerprint density at radius 3 is 2.39 bits per heavy atom. The number of rotatable bonds is 15. The number of tetrazole rings is 1. The maximum Gasteiger partial charge on any atom is 0.326 e. The number of carboxylic acids is 2. The average molecular weight is 630 g/mol. The predicted octanol–water partition coefficient (Wildman–Crippen LogP) is 0.550. The molecule has 16 heteroatoms. The van der Waals surface area contributed by atoms with Crippen molar-refractivity contribution in [2.24, 2.45) is 0 Å². The number of carbonyl (C=O) groups is 4. The summed E-state index contributed by atoms with van der Waals surface area (Å²) >= 11 is 0. The smallest absolute Gasteiger partial charge is 0.326 e. The minimum atomic E-state index is -1.41. The van der Waals surface area contributed by atoms with Gasteiger partial charge >= 0.3 is 11.9 Å². The van der Waals surface area contributed by atoms with E-state index >= 15 is 0 Å². The summed E-state index contributed by atoms with van der Waals surface area (Å²) in [5, 5.41) is 37.3. The van der Waals surface area contributed by atoms with E-state index in [0.717, 1.165) is 5.56 Å². The van der Waals surface area contributed by atoms with Crippen molar-refractivity contribution in [3.05, 3.63) is 75.6 Å². The van der Waals surface area contributed by atoms with E-state index in [1.54, 1.807) is 31.2 Å². The zero-order valence-corrected chi connectivity index (χ0v) is 24.7. The largest absolute Gasteiger partial charge is 0.480 e. The van der Waals surface area contributed by atoms with Gasteiger partial charge in [0.2, 0.25) is 5.91 Å². The van der Waals surface area contributed by atoms with Crippen LogP contribution in [0.25, 0.3) is 10.9 Å². The van der Waals surface area contributed by atoms with Crippen LogP contribution in [0.1, 0.15) is 46.8 Å². The van der Waals surface area contributed by atoms with Gasteiger partial charge in [0, 0.05) is 30.6 Å². The Morgan fingerprint density at radius 1 is 1.02 bits per heavy atom. The topological polar surface area (TPSA) is 236 Å². The first kappa shape index (κ1) is 32.8. The first-order valence-electron chi connectivity index (χ1n) is 14.1. The number of hydrogen-bond acceptors (Lipinski definition) is 10. The molecule has 0 aliphatic heterocycles. The van der Waals surface area contributed by atoms with Gasteiger partial charge in [-0.05, 0) is 61.7 Å². The maximum atomic E-state index is 12.9. The van der Waals surface area contributed by atoms with Crippen LogP contribution in [0.3, 0.4) is 0 Å². The molecule has 0 aliphatic carbocycles. The Morgan fingerprint density at radius 2 is 1.74 bits per heavy atom. The summed E-state index contributed by atoms with van der Waals surface area (Å²) < 4.78 is 0. The number of fused-ring (bicyclic) bond motifs is 1. The molecule has 2 aromatic carbocycles. The number of amides is 2. The predicted molar refractivity (Wildman–Crippen MR) is 164 cm³/mol. The number of carboxylic acid groups (broad SMARTS) is 2. The maximum absolute atomic E-state index is 12.9. The van der Waals surface area contributed by atoms with E-state index in [2.05, 4.69) is 47.1 Å². The molecular weight excluding hydrogens is 598 g/mol. The van der Waals surface area contributed by atoms with E-state index < -0.39 is 35.8 Å². The van der Waals surface area contributed by atoms with Crippen LogP contribution in [-0.4, -0.2) is 83.2 Å². The lowest BCUT2D eigenvalue weighted by molar-refractivity contribution is -0.142. The molecule has 0 saturated carbocycles. The Hall–Kier alpha value is -6.11. The third-order valence-electron chi connectivity index (χ3n) is 6.98. The zero-order valence-electron chi connectivity index (χ0n) is 24.7. The van der Waals surface area contributed by atoms with Gasteiger partial charge in [-0.25, -0.2) is 14.6 Å². The summed E-state index contributed by atoms with van der Waals surface area (Å²) in [4.78, 5) is 70.0. The van der Waals surface area contributed by atoms with E-state index in [-0.39, 0.29) is 49.2 Å². The van der Waals surface area contributed by atoms with Crippen LogP contribution in [0.5, 0.6) is 0 Å². The number of aromatic nitrogens is 6. The van der Waals surface area contributed by atoms with E-state index in [0.29, 0.717) is 29.0 Å². The van der Waals surface area contributed by atoms with Crippen LogP contribution >= 0.6 is 0 Å². The van der Waals surface area contributed by atoms with Crippen LogP contribution in [0.15, 0.2) is 47.3 Å². The highest BCUT2D eigenvalue weighted by molar-refractivity contribution is 5.97. The van der Waals surface area contributed by atoms with Crippen molar-refractivity contribution in [2.45, 2.75) is 51.2 Å². The number of aliphatic carboxylic acids is 2. The molecular formula is C30H31N9O7. The highest BCUT2D eigenvalue weighted by Gasteiger charge is 2.25. The highest BCUT2D eigenvalue weighted by Crippen LogP contribution is 2.20. The highest BCUT2D eigenvalue weighted by atomic mass is 16.4. The van der Waals surface area contributed by atoms with Crippen molar-refractivity contribution in [2.75, 3.05) is 11.4 Å². The van der Waals surface area contributed by atoms with E-state index in [1.165, 1.54) is 12.1 Å². The van der Waals surface area contributed by atoms with Crippen molar-refractivity contribution >= 4 is 40.3 Å². The van der Waals surface area contributed by atoms with Gasteiger partial charge in [0.05, 0.1) is 17.4 Å². The molecule has 2 aromatic heterocycles. The molecule has 0 fully saturated rings. The Bertz CT molecular complexity index is 1820. The van der Waals surface area contributed by atoms with Gasteiger partial charge in [0.1, 0.15) is 17.9 Å². The van der Waals surface area contributed by atoms with Crippen LogP contribution in [0.4, 0.5) is 5.69 Å². The van der Waals surface area contributed by atoms with Crippen LogP contribution in [0.2, 0.25) is 0 Å². The summed E-state index contributed by atoms with van der Waals surface area (Å²) in [6.45, 7) is 2.30. The van der Waals surface area contributed by atoms with Gasteiger partial charge in [-0.1, -0.05) is 17.2 Å². The molecule has 6 N–H and O–H groups in total. The summed E-state index contributed by atoms with van der Waals surface area (Å²) in [6, 6.07) is 9.05. The normalized spacial score (nSPS) is 12.1. The van der Waals surface area contributed by atoms with Crippen molar-refractivity contribution in [1.82, 2.24) is 41.2 Å². The Balaban J connectivity index is 1.35. The zero-order chi connectivity index (χ0) is 33.2. The third kappa shape index (κ3) is 8.72. The summed E-state index contributed by atoms with van der Waals surface area (Å²) in [5.41, 5.74) is 2.00. The molecule has 0 aliphatic rings. The van der Waals surface area contributed by atoms with Crippen LogP contribution < -0.4 is 21.1 Å². The standard InChI is InChI=1S/C30H31N9O7/c1-3-14-39(16-18-4-9-22-21(15-18)28(42)32-17(2)31-22)20-7-5-19(6-8-20)27(41)34-24(30(45)46)11-13-26(40)33-23(29(43)44)10-12-25-35-37-38-36-25/h1,4-9,15,23-24H,10-14,16H2,2H3,(H,33,40)(H,34,41)(H,43,44)(H,45,46)(H,31,32,42)(H,35,36,37,38)/t23-,24+/m1/s1. The number of nitrogens with one attached hydrogen (secondary N) is 4. The Kier molecular flexibility index (Phi) is 10.7. The molecule has 4 rings (SSSR count). The molecule has 4 aromatic rings. The number of carbonyl (C=O) groups excluding carboxylic acids is 2. The lowest BCUT2D eigenvalue weighted by atomic mass is 10.1. The van der Waals surface area contributed by atoms with Crippen LogP contribution in [0, 0.1) is 19.3 Å². The van der Waals surface area contributed by atoms with Gasteiger partial charge in [-0.15, -0.1) is 16.6 Å². The van der Waals surface area contributed by atoms with Crippen molar-refractivity contribution in [3.8, 4) is 12.3 Å². The minimum Gasteiger partial charge on any atom is -0.480 e. The second-order valence-electron chi connectivity index (χ2n) is 10.3. The molecule has 0 saturated heterocycles. The molecule has 2 atom stereocenters. The van der Waals surface area contributed by atoms with Crippen molar-refractivity contribution in [3.63, 3.8) is 0 Å². The summed E-state index contributed by atoms with van der Waals surface area (Å²) in [7, 11) is 0. The van der Waals surface area contributed by atoms with Gasteiger partial charge in [0.15, 0.2) is 5.82 Å². The van der Waals surface area contributed by atoms with Crippen molar-refractivity contribution in [1.29, 1.82) is 0 Å². The molecule has 0 spiro atoms. The fourth-order valence-corrected chi connectivity index (χ4v) is 4.65. The molecule has 0 bridgehead atoms. The second kappa shape index (κ2) is 15.1. The quantitative estimate of drug-likeness (QED) is 0.0989. The molecule has 0 radical (unpaired) electrons.